The molecule has 0 unspecified atom stereocenters. The third kappa shape index (κ3) is 4.27. The van der Waals surface area contributed by atoms with Gasteiger partial charge in [-0.05, 0) is 71.8 Å². The van der Waals surface area contributed by atoms with Crippen LogP contribution in [0.5, 0.6) is 5.75 Å². The molecule has 0 radical (unpaired) electrons. The first kappa shape index (κ1) is 23.1. The second-order valence-corrected chi connectivity index (χ2v) is 10.3. The van der Waals surface area contributed by atoms with E-state index in [1.165, 1.54) is 5.56 Å². The fraction of sp³-hybridized carbons (Fsp3) is 0.357. The summed E-state index contributed by atoms with van der Waals surface area (Å²) in [5.41, 5.74) is 5.28. The van der Waals surface area contributed by atoms with E-state index in [2.05, 4.69) is 33.4 Å². The average Bonchev–Trinajstić information content (AvgIpc) is 3.70. The predicted octanol–water partition coefficient (Wildman–Crippen LogP) is 4.93. The summed E-state index contributed by atoms with van der Waals surface area (Å²) in [6, 6.07) is 13.9. The lowest BCUT2D eigenvalue weighted by Crippen LogP contribution is -2.43. The molecule has 2 aliphatic heterocycles. The van der Waals surface area contributed by atoms with Gasteiger partial charge in [-0.15, -0.1) is 0 Å². The first-order valence-electron chi connectivity index (χ1n) is 12.6. The van der Waals surface area contributed by atoms with Gasteiger partial charge in [-0.1, -0.05) is 17.7 Å². The molecule has 8 heteroatoms. The smallest absolute Gasteiger partial charge is 0.324 e. The lowest BCUT2D eigenvalue weighted by atomic mass is 9.93. The zero-order chi connectivity index (χ0) is 24.8. The number of halogens is 1. The Labute approximate surface area is 216 Å². The molecule has 1 aromatic heterocycles. The molecule has 3 heterocycles. The standard InChI is InChI=1S/C28H30ClN5O2/c1-32-12-13-34(28(32)36)25-5-4-19(16-24(25)29)22-14-21(18-2-3-18)15-23(27(22)35)20-6-7-31-26(17-20)33-10-8-30-9-11-33/h4-7,14-18,30,35H,2-3,8-13H2,1H3. The molecule has 0 atom stereocenters. The number of phenols is 1. The van der Waals surface area contributed by atoms with E-state index in [-0.39, 0.29) is 11.8 Å². The van der Waals surface area contributed by atoms with Gasteiger partial charge in [0.1, 0.15) is 11.6 Å². The van der Waals surface area contributed by atoms with Crippen LogP contribution in [-0.4, -0.2) is 67.3 Å². The first-order chi connectivity index (χ1) is 17.5. The van der Waals surface area contributed by atoms with E-state index in [1.54, 1.807) is 16.8 Å². The van der Waals surface area contributed by atoms with E-state index >= 15 is 0 Å². The summed E-state index contributed by atoms with van der Waals surface area (Å²) < 4.78 is 0. The maximum absolute atomic E-state index is 12.5. The van der Waals surface area contributed by atoms with Crippen LogP contribution in [0.4, 0.5) is 16.3 Å². The molecular weight excluding hydrogens is 474 g/mol. The first-order valence-corrected chi connectivity index (χ1v) is 13.0. The number of pyridine rings is 1. The van der Waals surface area contributed by atoms with Gasteiger partial charge in [-0.3, -0.25) is 4.90 Å². The second kappa shape index (κ2) is 9.30. The van der Waals surface area contributed by atoms with Crippen molar-refractivity contribution in [1.82, 2.24) is 15.2 Å². The fourth-order valence-electron chi connectivity index (χ4n) is 5.17. The van der Waals surface area contributed by atoms with Crippen molar-refractivity contribution in [3.05, 3.63) is 59.2 Å². The average molecular weight is 504 g/mol. The van der Waals surface area contributed by atoms with Crippen molar-refractivity contribution in [2.75, 3.05) is 56.1 Å². The number of anilines is 2. The summed E-state index contributed by atoms with van der Waals surface area (Å²) in [6.07, 6.45) is 4.15. The third-order valence-corrected chi connectivity index (χ3v) is 7.75. The number of hydrogen-bond acceptors (Lipinski definition) is 5. The molecule has 186 valence electrons. The molecule has 6 rings (SSSR count). The van der Waals surface area contributed by atoms with E-state index in [0.29, 0.717) is 29.7 Å². The number of nitrogens with zero attached hydrogens (tertiary/aromatic N) is 4. The fourth-order valence-corrected chi connectivity index (χ4v) is 5.45. The molecule has 2 amide bonds. The Balaban J connectivity index is 1.40. The van der Waals surface area contributed by atoms with E-state index in [4.69, 9.17) is 11.6 Å². The van der Waals surface area contributed by atoms with Crippen molar-refractivity contribution < 1.29 is 9.90 Å². The maximum atomic E-state index is 12.5. The number of urea groups is 1. The van der Waals surface area contributed by atoms with Gasteiger partial charge in [-0.25, -0.2) is 9.78 Å². The third-order valence-electron chi connectivity index (χ3n) is 7.44. The van der Waals surface area contributed by atoms with Crippen molar-refractivity contribution in [2.45, 2.75) is 18.8 Å². The second-order valence-electron chi connectivity index (χ2n) is 9.90. The van der Waals surface area contributed by atoms with Gasteiger partial charge >= 0.3 is 6.03 Å². The quantitative estimate of drug-likeness (QED) is 0.516. The predicted molar refractivity (Wildman–Crippen MR) is 144 cm³/mol. The van der Waals surface area contributed by atoms with Gasteiger partial charge < -0.3 is 20.2 Å². The van der Waals surface area contributed by atoms with Crippen molar-refractivity contribution >= 4 is 29.1 Å². The topological polar surface area (TPSA) is 71.9 Å². The molecule has 0 bridgehead atoms. The number of nitrogens with one attached hydrogen (secondary N) is 1. The van der Waals surface area contributed by atoms with Crippen LogP contribution in [-0.2, 0) is 0 Å². The summed E-state index contributed by atoms with van der Waals surface area (Å²) in [7, 11) is 1.79. The summed E-state index contributed by atoms with van der Waals surface area (Å²) in [4.78, 5) is 22.7. The molecule has 36 heavy (non-hydrogen) atoms. The Hall–Kier alpha value is -3.29. The summed E-state index contributed by atoms with van der Waals surface area (Å²) >= 11 is 6.69. The number of carbonyl (C=O) groups is 1. The highest BCUT2D eigenvalue weighted by Gasteiger charge is 2.29. The van der Waals surface area contributed by atoms with Crippen molar-refractivity contribution in [3.63, 3.8) is 0 Å². The number of carbonyl (C=O) groups excluding carboxylic acids is 1. The minimum Gasteiger partial charge on any atom is -0.507 e. The molecule has 1 aliphatic carbocycles. The monoisotopic (exact) mass is 503 g/mol. The summed E-state index contributed by atoms with van der Waals surface area (Å²) in [5.74, 6) is 1.68. The normalized spacial score (nSPS) is 18.3. The van der Waals surface area contributed by atoms with Crippen molar-refractivity contribution in [2.24, 2.45) is 0 Å². The molecule has 7 nitrogen and oxygen atoms in total. The van der Waals surface area contributed by atoms with Crippen LogP contribution in [0.25, 0.3) is 22.3 Å². The lowest BCUT2D eigenvalue weighted by Gasteiger charge is -2.28. The Morgan fingerprint density at radius 1 is 0.972 bits per heavy atom. The van der Waals surface area contributed by atoms with Crippen molar-refractivity contribution in [1.29, 1.82) is 0 Å². The number of rotatable bonds is 5. The molecule has 1 saturated carbocycles. The Morgan fingerprint density at radius 2 is 1.69 bits per heavy atom. The van der Waals surface area contributed by atoms with Crippen LogP contribution >= 0.6 is 11.6 Å². The molecule has 2 aromatic carbocycles. The minimum atomic E-state index is -0.0523. The minimum absolute atomic E-state index is 0.0523. The van der Waals surface area contributed by atoms with Gasteiger partial charge in [0, 0.05) is 63.6 Å². The van der Waals surface area contributed by atoms with Crippen LogP contribution < -0.4 is 15.1 Å². The highest BCUT2D eigenvalue weighted by molar-refractivity contribution is 6.34. The molecular formula is C28H30ClN5O2. The van der Waals surface area contributed by atoms with Gasteiger partial charge in [0.15, 0.2) is 0 Å². The number of likely N-dealkylation sites (N-methyl/N-ethyl adjacent to an activating group) is 1. The lowest BCUT2D eigenvalue weighted by molar-refractivity contribution is 0.229. The van der Waals surface area contributed by atoms with Gasteiger partial charge in [0.05, 0.1) is 10.7 Å². The zero-order valence-corrected chi connectivity index (χ0v) is 21.1. The molecule has 0 spiro atoms. The highest BCUT2D eigenvalue weighted by atomic mass is 35.5. The number of aromatic hydroxyl groups is 1. The van der Waals surface area contributed by atoms with E-state index < -0.39 is 0 Å². The van der Waals surface area contributed by atoms with Crippen LogP contribution in [0, 0.1) is 0 Å². The SMILES string of the molecule is CN1CCN(c2ccc(-c3cc(C4CC4)cc(-c4ccnc(N5CCNCC5)c4)c3O)cc2Cl)C1=O. The number of hydrogen-bond donors (Lipinski definition) is 2. The van der Waals surface area contributed by atoms with Gasteiger partial charge in [0.25, 0.3) is 0 Å². The molecule has 3 fully saturated rings. The Morgan fingerprint density at radius 3 is 2.33 bits per heavy atom. The van der Waals surface area contributed by atoms with E-state index in [1.807, 2.05) is 30.5 Å². The van der Waals surface area contributed by atoms with E-state index in [0.717, 1.165) is 67.1 Å². The summed E-state index contributed by atoms with van der Waals surface area (Å²) in [6.45, 7) is 4.99. The molecule has 2 N–H and O–H groups in total. The number of piperazine rings is 1. The van der Waals surface area contributed by atoms with Gasteiger partial charge in [-0.2, -0.15) is 0 Å². The molecule has 3 aromatic rings. The van der Waals surface area contributed by atoms with Crippen LogP contribution in [0.1, 0.15) is 24.3 Å². The van der Waals surface area contributed by atoms with Crippen LogP contribution in [0.15, 0.2) is 48.7 Å². The number of amides is 2. The van der Waals surface area contributed by atoms with E-state index in [9.17, 15) is 9.90 Å². The molecule has 3 aliphatic rings. The van der Waals surface area contributed by atoms with Crippen LogP contribution in [0.2, 0.25) is 5.02 Å². The van der Waals surface area contributed by atoms with Gasteiger partial charge in [0.2, 0.25) is 0 Å². The Bertz CT molecular complexity index is 1320. The Kier molecular flexibility index (Phi) is 5.97. The van der Waals surface area contributed by atoms with Crippen molar-refractivity contribution in [3.8, 4) is 28.0 Å². The number of phenolic OH excluding ortho intramolecular Hbond substituents is 1. The number of benzene rings is 2. The van der Waals surface area contributed by atoms with Crippen LogP contribution in [0.3, 0.4) is 0 Å². The largest absolute Gasteiger partial charge is 0.507 e. The molecule has 2 saturated heterocycles. The zero-order valence-electron chi connectivity index (χ0n) is 20.4. The maximum Gasteiger partial charge on any atom is 0.324 e. The highest BCUT2D eigenvalue weighted by Crippen LogP contribution is 2.47. The number of aromatic nitrogens is 1. The summed E-state index contributed by atoms with van der Waals surface area (Å²) in [5, 5.41) is 15.4.